The highest BCUT2D eigenvalue weighted by Crippen LogP contribution is 2.23. The Balaban J connectivity index is 1.25. The van der Waals surface area contributed by atoms with Gasteiger partial charge in [0.15, 0.2) is 5.16 Å². The number of hydrogen-bond donors (Lipinski definition) is 2. The van der Waals surface area contributed by atoms with E-state index in [1.54, 1.807) is 23.9 Å². The normalized spacial score (nSPS) is 15.2. The van der Waals surface area contributed by atoms with Gasteiger partial charge in [0.05, 0.1) is 30.0 Å². The van der Waals surface area contributed by atoms with Crippen LogP contribution in [0.15, 0.2) is 53.7 Å². The summed E-state index contributed by atoms with van der Waals surface area (Å²) in [5, 5.41) is 3.54. The van der Waals surface area contributed by atoms with Crippen LogP contribution in [0.25, 0.3) is 11.0 Å². The van der Waals surface area contributed by atoms with Crippen LogP contribution in [0.5, 0.6) is 0 Å². The third-order valence-corrected chi connectivity index (χ3v) is 7.78. The van der Waals surface area contributed by atoms with E-state index in [0.29, 0.717) is 31.9 Å². The molecule has 0 aliphatic carbocycles. The van der Waals surface area contributed by atoms with Gasteiger partial charge in [-0.05, 0) is 29.8 Å². The molecular formula is C21H24N4O4S2. The first kappa shape index (κ1) is 21.8. The summed E-state index contributed by atoms with van der Waals surface area (Å²) in [6.07, 6.45) is 0. The number of nitrogens with one attached hydrogen (secondary N) is 2. The lowest BCUT2D eigenvalue weighted by molar-refractivity contribution is 0.0730. The van der Waals surface area contributed by atoms with Gasteiger partial charge in [-0.25, -0.2) is 13.4 Å². The fourth-order valence-corrected chi connectivity index (χ4v) is 5.42. The molecule has 2 heterocycles. The second-order valence-corrected chi connectivity index (χ2v) is 10.2. The molecule has 3 aromatic rings. The lowest BCUT2D eigenvalue weighted by Gasteiger charge is -2.26. The Hall–Kier alpha value is -2.40. The molecule has 8 nitrogen and oxygen atoms in total. The minimum absolute atomic E-state index is 0.0716. The van der Waals surface area contributed by atoms with Crippen LogP contribution in [0, 0.1) is 0 Å². The molecule has 0 bridgehead atoms. The zero-order valence-electron chi connectivity index (χ0n) is 16.9. The van der Waals surface area contributed by atoms with Crippen LogP contribution in [0.1, 0.15) is 15.9 Å². The summed E-state index contributed by atoms with van der Waals surface area (Å²) < 4.78 is 31.2. The molecule has 2 aromatic carbocycles. The van der Waals surface area contributed by atoms with Crippen molar-refractivity contribution >= 4 is 38.7 Å². The van der Waals surface area contributed by atoms with Crippen molar-refractivity contribution in [3.05, 3.63) is 59.7 Å². The number of aromatic amines is 1. The van der Waals surface area contributed by atoms with E-state index in [4.69, 9.17) is 4.74 Å². The number of H-pyrrole nitrogens is 1. The Morgan fingerprint density at radius 3 is 2.61 bits per heavy atom. The SMILES string of the molecule is O=C(NCCS(=O)(=O)N1CCOCC1)c1ccc(CSc2nc3ccccc3[nH]2)cc1. The summed E-state index contributed by atoms with van der Waals surface area (Å²) in [5.74, 6) is 0.318. The highest BCUT2D eigenvalue weighted by molar-refractivity contribution is 7.98. The summed E-state index contributed by atoms with van der Waals surface area (Å²) in [7, 11) is -3.38. The van der Waals surface area contributed by atoms with Crippen molar-refractivity contribution in [3.63, 3.8) is 0 Å². The fourth-order valence-electron chi connectivity index (χ4n) is 3.25. The third kappa shape index (κ3) is 5.65. The number of amides is 1. The highest BCUT2D eigenvalue weighted by atomic mass is 32.2. The molecule has 0 spiro atoms. The number of aromatic nitrogens is 2. The topological polar surface area (TPSA) is 104 Å². The first-order valence-corrected chi connectivity index (χ1v) is 12.6. The zero-order chi connectivity index (χ0) is 21.7. The molecule has 164 valence electrons. The Morgan fingerprint density at radius 1 is 1.13 bits per heavy atom. The Bertz CT molecular complexity index is 1110. The van der Waals surface area contributed by atoms with Gasteiger partial charge in [-0.2, -0.15) is 4.31 Å². The summed E-state index contributed by atoms with van der Waals surface area (Å²) >= 11 is 1.60. The number of rotatable bonds is 8. The maximum absolute atomic E-state index is 12.3. The predicted octanol–water partition coefficient (Wildman–Crippen LogP) is 2.25. The first-order valence-electron chi connectivity index (χ1n) is 10.0. The lowest BCUT2D eigenvalue weighted by Crippen LogP contribution is -2.43. The van der Waals surface area contributed by atoms with Crippen LogP contribution in [-0.2, 0) is 20.5 Å². The van der Waals surface area contributed by atoms with E-state index in [1.807, 2.05) is 36.4 Å². The van der Waals surface area contributed by atoms with Crippen molar-refractivity contribution in [2.45, 2.75) is 10.9 Å². The van der Waals surface area contributed by atoms with E-state index in [0.717, 1.165) is 27.5 Å². The van der Waals surface area contributed by atoms with Crippen LogP contribution < -0.4 is 5.32 Å². The average molecular weight is 461 g/mol. The van der Waals surface area contributed by atoms with E-state index < -0.39 is 10.0 Å². The van der Waals surface area contributed by atoms with Crippen LogP contribution in [-0.4, -0.2) is 67.2 Å². The fraction of sp³-hybridized carbons (Fsp3) is 0.333. The molecule has 0 atom stereocenters. The van der Waals surface area contributed by atoms with Gasteiger partial charge in [-0.15, -0.1) is 0 Å². The second-order valence-electron chi connectivity index (χ2n) is 7.13. The summed E-state index contributed by atoms with van der Waals surface area (Å²) in [5.41, 5.74) is 3.51. The Morgan fingerprint density at radius 2 is 1.87 bits per heavy atom. The molecule has 2 N–H and O–H groups in total. The predicted molar refractivity (Wildman–Crippen MR) is 121 cm³/mol. The molecule has 1 aliphatic heterocycles. The number of morpholine rings is 1. The number of thioether (sulfide) groups is 1. The standard InChI is InChI=1S/C21H24N4O4S2/c26-20(22-9-14-31(27,28)25-10-12-29-13-11-25)17-7-5-16(6-8-17)15-30-21-23-18-3-1-2-4-19(18)24-21/h1-8H,9-15H2,(H,22,26)(H,23,24). The van der Waals surface area contributed by atoms with Gasteiger partial charge in [0, 0.05) is 31.0 Å². The van der Waals surface area contributed by atoms with E-state index in [9.17, 15) is 13.2 Å². The molecule has 1 aliphatic rings. The van der Waals surface area contributed by atoms with Gasteiger partial charge in [-0.3, -0.25) is 4.79 Å². The number of nitrogens with zero attached hydrogens (tertiary/aromatic N) is 2. The lowest BCUT2D eigenvalue weighted by atomic mass is 10.1. The Labute approximate surface area is 185 Å². The molecule has 1 saturated heterocycles. The van der Waals surface area contributed by atoms with Gasteiger partial charge in [-0.1, -0.05) is 36.0 Å². The molecule has 0 radical (unpaired) electrons. The van der Waals surface area contributed by atoms with Crippen molar-refractivity contribution in [3.8, 4) is 0 Å². The molecule has 1 amide bonds. The number of benzene rings is 2. The minimum Gasteiger partial charge on any atom is -0.379 e. The Kier molecular flexibility index (Phi) is 6.91. The minimum atomic E-state index is -3.38. The molecular weight excluding hydrogens is 436 g/mol. The summed E-state index contributed by atoms with van der Waals surface area (Å²) in [4.78, 5) is 20.2. The molecule has 1 aromatic heterocycles. The van der Waals surface area contributed by atoms with Gasteiger partial charge >= 0.3 is 0 Å². The van der Waals surface area contributed by atoms with Crippen LogP contribution in [0.3, 0.4) is 0 Å². The van der Waals surface area contributed by atoms with Gasteiger partial charge in [0.2, 0.25) is 10.0 Å². The molecule has 0 saturated carbocycles. The third-order valence-electron chi connectivity index (χ3n) is 4.97. The number of carbonyl (C=O) groups excluding carboxylic acids is 1. The highest BCUT2D eigenvalue weighted by Gasteiger charge is 2.24. The zero-order valence-corrected chi connectivity index (χ0v) is 18.5. The monoisotopic (exact) mass is 460 g/mol. The van der Waals surface area contributed by atoms with Crippen molar-refractivity contribution in [2.75, 3.05) is 38.6 Å². The van der Waals surface area contributed by atoms with E-state index in [-0.39, 0.29) is 18.2 Å². The number of hydrogen-bond acceptors (Lipinski definition) is 6. The summed E-state index contributed by atoms with van der Waals surface area (Å²) in [6, 6.07) is 15.2. The van der Waals surface area contributed by atoms with Crippen molar-refractivity contribution in [2.24, 2.45) is 0 Å². The van der Waals surface area contributed by atoms with Crippen LogP contribution >= 0.6 is 11.8 Å². The molecule has 10 heteroatoms. The maximum atomic E-state index is 12.3. The van der Waals surface area contributed by atoms with Crippen molar-refractivity contribution in [1.82, 2.24) is 19.6 Å². The summed E-state index contributed by atoms with van der Waals surface area (Å²) in [6.45, 7) is 1.62. The molecule has 4 rings (SSSR count). The number of imidazole rings is 1. The number of sulfonamides is 1. The smallest absolute Gasteiger partial charge is 0.251 e. The maximum Gasteiger partial charge on any atom is 0.251 e. The molecule has 0 unspecified atom stereocenters. The molecule has 1 fully saturated rings. The van der Waals surface area contributed by atoms with Gasteiger partial charge in [0.25, 0.3) is 5.91 Å². The number of fused-ring (bicyclic) bond motifs is 1. The number of carbonyl (C=O) groups is 1. The first-order chi connectivity index (χ1) is 15.0. The second kappa shape index (κ2) is 9.82. The van der Waals surface area contributed by atoms with Crippen LogP contribution in [0.2, 0.25) is 0 Å². The number of para-hydroxylation sites is 2. The quantitative estimate of drug-likeness (QED) is 0.500. The van der Waals surface area contributed by atoms with E-state index >= 15 is 0 Å². The van der Waals surface area contributed by atoms with Gasteiger partial charge < -0.3 is 15.0 Å². The van der Waals surface area contributed by atoms with Crippen molar-refractivity contribution < 1.29 is 17.9 Å². The van der Waals surface area contributed by atoms with Crippen molar-refractivity contribution in [1.29, 1.82) is 0 Å². The van der Waals surface area contributed by atoms with Gasteiger partial charge in [0.1, 0.15) is 0 Å². The average Bonchev–Trinajstić information content (AvgIpc) is 3.21. The number of ether oxygens (including phenoxy) is 1. The largest absolute Gasteiger partial charge is 0.379 e. The van der Waals surface area contributed by atoms with Crippen LogP contribution in [0.4, 0.5) is 0 Å². The molecule has 31 heavy (non-hydrogen) atoms. The van der Waals surface area contributed by atoms with E-state index in [1.165, 1.54) is 4.31 Å². The van der Waals surface area contributed by atoms with E-state index in [2.05, 4.69) is 15.3 Å².